The fourth-order valence-corrected chi connectivity index (χ4v) is 0.681. The molecule has 1 aromatic rings. The largest absolute Gasteiger partial charge is 0.234 e. The summed E-state index contributed by atoms with van der Waals surface area (Å²) in [5, 5.41) is 23.9. The smallest absolute Gasteiger partial charge is 0.185 e. The second kappa shape index (κ2) is 2.80. The van der Waals surface area contributed by atoms with Gasteiger partial charge < -0.3 is 0 Å². The molecule has 0 aliphatic heterocycles. The maximum Gasteiger partial charge on any atom is 0.185 e. The van der Waals surface area contributed by atoms with Crippen LogP contribution in [0.15, 0.2) is 0 Å². The van der Waals surface area contributed by atoms with Crippen molar-refractivity contribution in [2.24, 2.45) is 0 Å². The summed E-state index contributed by atoms with van der Waals surface area (Å²) in [6.45, 7) is 1.84. The van der Waals surface area contributed by atoms with Crippen molar-refractivity contribution >= 4 is 0 Å². The highest BCUT2D eigenvalue weighted by Gasteiger charge is 2.05. The molecule has 0 saturated heterocycles. The van der Waals surface area contributed by atoms with Crippen molar-refractivity contribution in [3.8, 4) is 12.1 Å². The highest BCUT2D eigenvalue weighted by molar-refractivity contribution is 5.23. The summed E-state index contributed by atoms with van der Waals surface area (Å²) in [6, 6.07) is 3.78. The van der Waals surface area contributed by atoms with Gasteiger partial charge in [-0.1, -0.05) is 5.21 Å². The molecule has 0 bridgehead atoms. The first-order chi connectivity index (χ1) is 5.29. The van der Waals surface area contributed by atoms with E-state index in [1.54, 1.807) is 6.92 Å². The third-order valence-electron chi connectivity index (χ3n) is 1.31. The van der Waals surface area contributed by atoms with E-state index in [1.807, 2.05) is 12.1 Å². The van der Waals surface area contributed by atoms with Gasteiger partial charge in [0.05, 0.1) is 11.8 Å². The highest BCUT2D eigenvalue weighted by atomic mass is 15.4. The van der Waals surface area contributed by atoms with E-state index in [2.05, 4.69) is 10.3 Å². The fourth-order valence-electron chi connectivity index (χ4n) is 0.681. The first kappa shape index (κ1) is 7.23. The van der Waals surface area contributed by atoms with Crippen LogP contribution in [0.1, 0.15) is 11.4 Å². The molecule has 0 spiro atoms. The zero-order chi connectivity index (χ0) is 8.27. The molecule has 0 amide bonds. The van der Waals surface area contributed by atoms with Crippen molar-refractivity contribution in [3.63, 3.8) is 0 Å². The Labute approximate surface area is 63.5 Å². The van der Waals surface area contributed by atoms with E-state index >= 15 is 0 Å². The number of hydrogen-bond donors (Lipinski definition) is 0. The predicted molar refractivity (Wildman–Crippen MR) is 35.1 cm³/mol. The van der Waals surface area contributed by atoms with Gasteiger partial charge in [0.25, 0.3) is 0 Å². The van der Waals surface area contributed by atoms with Crippen molar-refractivity contribution in [2.75, 3.05) is 0 Å². The maximum absolute atomic E-state index is 8.45. The standard InChI is InChI=1S/C6H5N5/c1-5-6(4-8)9-10-11(5)3-2-7/h3H2,1H3. The van der Waals surface area contributed by atoms with E-state index < -0.39 is 0 Å². The Balaban J connectivity index is 3.05. The monoisotopic (exact) mass is 147 g/mol. The summed E-state index contributed by atoms with van der Waals surface area (Å²) < 4.78 is 1.39. The van der Waals surface area contributed by atoms with Crippen LogP contribution in [0, 0.1) is 29.6 Å². The number of hydrogen-bond acceptors (Lipinski definition) is 4. The lowest BCUT2D eigenvalue weighted by atomic mass is 10.4. The molecule has 0 atom stereocenters. The average molecular weight is 147 g/mol. The summed E-state index contributed by atoms with van der Waals surface area (Å²) in [5.41, 5.74) is 0.911. The Morgan fingerprint density at radius 2 is 2.27 bits per heavy atom. The first-order valence-corrected chi connectivity index (χ1v) is 2.96. The van der Waals surface area contributed by atoms with Gasteiger partial charge in [0.1, 0.15) is 12.6 Å². The quantitative estimate of drug-likeness (QED) is 0.559. The lowest BCUT2D eigenvalue weighted by Gasteiger charge is -1.91. The summed E-state index contributed by atoms with van der Waals surface area (Å²) in [6.07, 6.45) is 0. The summed E-state index contributed by atoms with van der Waals surface area (Å²) in [4.78, 5) is 0. The molecule has 1 heterocycles. The van der Waals surface area contributed by atoms with Gasteiger partial charge in [-0.05, 0) is 6.92 Å². The summed E-state index contributed by atoms with van der Waals surface area (Å²) in [5.74, 6) is 0. The minimum absolute atomic E-state index is 0.139. The van der Waals surface area contributed by atoms with Crippen LogP contribution in [0.25, 0.3) is 0 Å². The van der Waals surface area contributed by atoms with Crippen molar-refractivity contribution in [3.05, 3.63) is 11.4 Å². The molecular formula is C6H5N5. The Morgan fingerprint density at radius 1 is 1.55 bits per heavy atom. The van der Waals surface area contributed by atoms with Gasteiger partial charge in [-0.3, -0.25) is 0 Å². The van der Waals surface area contributed by atoms with Gasteiger partial charge >= 0.3 is 0 Å². The second-order valence-corrected chi connectivity index (χ2v) is 1.95. The van der Waals surface area contributed by atoms with E-state index in [-0.39, 0.29) is 12.2 Å². The molecule has 0 saturated carbocycles. The predicted octanol–water partition coefficient (Wildman–Crippen LogP) is -0.0182. The molecule has 1 aromatic heterocycles. The summed E-state index contributed by atoms with van der Waals surface area (Å²) in [7, 11) is 0. The third kappa shape index (κ3) is 1.17. The van der Waals surface area contributed by atoms with Gasteiger partial charge in [-0.2, -0.15) is 10.5 Å². The van der Waals surface area contributed by atoms with Crippen molar-refractivity contribution in [2.45, 2.75) is 13.5 Å². The van der Waals surface area contributed by atoms with Crippen LogP contribution in [0.5, 0.6) is 0 Å². The van der Waals surface area contributed by atoms with Crippen molar-refractivity contribution in [1.29, 1.82) is 10.5 Å². The molecule has 0 fully saturated rings. The minimum atomic E-state index is 0.139. The molecule has 0 aliphatic rings. The topological polar surface area (TPSA) is 78.3 Å². The Hall–Kier alpha value is -1.88. The highest BCUT2D eigenvalue weighted by Crippen LogP contribution is 1.99. The van der Waals surface area contributed by atoms with Gasteiger partial charge in [0.15, 0.2) is 5.69 Å². The molecule has 1 rings (SSSR count). The molecule has 0 aliphatic carbocycles. The van der Waals surface area contributed by atoms with E-state index in [1.165, 1.54) is 4.68 Å². The Morgan fingerprint density at radius 3 is 2.73 bits per heavy atom. The second-order valence-electron chi connectivity index (χ2n) is 1.95. The summed E-state index contributed by atoms with van der Waals surface area (Å²) >= 11 is 0. The van der Waals surface area contributed by atoms with Crippen LogP contribution >= 0.6 is 0 Å². The average Bonchev–Trinajstić information content (AvgIpc) is 2.34. The molecule has 11 heavy (non-hydrogen) atoms. The molecule has 5 nitrogen and oxygen atoms in total. The van der Waals surface area contributed by atoms with Gasteiger partial charge in [-0.25, -0.2) is 4.68 Å². The molecule has 54 valence electrons. The molecule has 5 heteroatoms. The van der Waals surface area contributed by atoms with Crippen molar-refractivity contribution in [1.82, 2.24) is 15.0 Å². The van der Waals surface area contributed by atoms with Crippen LogP contribution in [-0.2, 0) is 6.54 Å². The van der Waals surface area contributed by atoms with Crippen LogP contribution in [0.4, 0.5) is 0 Å². The zero-order valence-corrected chi connectivity index (χ0v) is 5.94. The Kier molecular flexibility index (Phi) is 1.84. The van der Waals surface area contributed by atoms with Crippen LogP contribution in [0.2, 0.25) is 0 Å². The van der Waals surface area contributed by atoms with E-state index in [0.29, 0.717) is 5.69 Å². The SMILES string of the molecule is Cc1c(C#N)nnn1CC#N. The lowest BCUT2D eigenvalue weighted by Crippen LogP contribution is -2.00. The Bertz CT molecular complexity index is 337. The molecule has 0 N–H and O–H groups in total. The number of rotatable bonds is 1. The maximum atomic E-state index is 8.45. The van der Waals surface area contributed by atoms with Gasteiger partial charge in [0, 0.05) is 0 Å². The normalized spacial score (nSPS) is 8.64. The minimum Gasteiger partial charge on any atom is -0.234 e. The molecule has 0 unspecified atom stereocenters. The molecular weight excluding hydrogens is 142 g/mol. The lowest BCUT2D eigenvalue weighted by molar-refractivity contribution is 0.651. The van der Waals surface area contributed by atoms with Crippen LogP contribution < -0.4 is 0 Å². The van der Waals surface area contributed by atoms with Crippen LogP contribution in [0.3, 0.4) is 0 Å². The first-order valence-electron chi connectivity index (χ1n) is 2.96. The van der Waals surface area contributed by atoms with Gasteiger partial charge in [-0.15, -0.1) is 5.10 Å². The van der Waals surface area contributed by atoms with Crippen molar-refractivity contribution < 1.29 is 0 Å². The van der Waals surface area contributed by atoms with Gasteiger partial charge in [0.2, 0.25) is 0 Å². The number of nitriles is 2. The molecule has 0 radical (unpaired) electrons. The van der Waals surface area contributed by atoms with Crippen LogP contribution in [-0.4, -0.2) is 15.0 Å². The number of aromatic nitrogens is 3. The van der Waals surface area contributed by atoms with E-state index in [9.17, 15) is 0 Å². The molecule has 0 aromatic carbocycles. The fraction of sp³-hybridized carbons (Fsp3) is 0.333. The third-order valence-corrected chi connectivity index (χ3v) is 1.31. The zero-order valence-electron chi connectivity index (χ0n) is 5.94. The number of nitrogens with zero attached hydrogens (tertiary/aromatic N) is 5. The van der Waals surface area contributed by atoms with E-state index in [0.717, 1.165) is 0 Å². The van der Waals surface area contributed by atoms with E-state index in [4.69, 9.17) is 10.5 Å².